The molecule has 5 rings (SSSR count). The molecule has 2 aliphatic heterocycles. The summed E-state index contributed by atoms with van der Waals surface area (Å²) in [5.74, 6) is 0.785. The van der Waals surface area contributed by atoms with Crippen molar-refractivity contribution in [2.75, 3.05) is 25.4 Å². The molecule has 2 aromatic rings. The summed E-state index contributed by atoms with van der Waals surface area (Å²) in [5, 5.41) is 23.6. The number of hydrogen-bond donors (Lipinski definition) is 4. The molecule has 0 spiro atoms. The number of piperidine rings is 1. The molecule has 0 bridgehead atoms. The molecule has 0 aromatic carbocycles. The Bertz CT molecular complexity index is 1150. The number of ether oxygens (including phenoxy) is 2. The Hall–Kier alpha value is -3.03. The van der Waals surface area contributed by atoms with Crippen molar-refractivity contribution in [1.82, 2.24) is 29.7 Å². The van der Waals surface area contributed by atoms with E-state index >= 15 is 0 Å². The topological polar surface area (TPSA) is 178 Å². The molecule has 4 atom stereocenters. The lowest BCUT2D eigenvalue weighted by molar-refractivity contribution is -0.137. The Morgan fingerprint density at radius 1 is 1.18 bits per heavy atom. The summed E-state index contributed by atoms with van der Waals surface area (Å²) < 4.78 is 12.7. The third kappa shape index (κ3) is 5.40. The Morgan fingerprint density at radius 3 is 2.63 bits per heavy atom. The third-order valence-corrected chi connectivity index (χ3v) is 7.82. The van der Waals surface area contributed by atoms with Gasteiger partial charge in [-0.1, -0.05) is 0 Å². The standard InChI is InChI=1S/C25H37N7O6/c1-2-27-23(35)20-18(33)19(34)24(38-20)32-13-28-17-21(26)29-16(30-22(17)32)8-3-5-14-9-11-31(12-10-14)25(36)37-15-6-4-7-15/h13-15,18-20,24,33-34H,2-12H2,1H3,(H,27,35)(H2,26,29,30)/t18-,19?,20+,24-/m1/s1. The highest BCUT2D eigenvalue weighted by atomic mass is 16.6. The van der Waals surface area contributed by atoms with E-state index in [0.717, 1.165) is 58.0 Å². The van der Waals surface area contributed by atoms with E-state index in [-0.39, 0.29) is 18.0 Å². The van der Waals surface area contributed by atoms with Crippen molar-refractivity contribution >= 4 is 29.0 Å². The van der Waals surface area contributed by atoms with Gasteiger partial charge in [0.05, 0.1) is 6.33 Å². The van der Waals surface area contributed by atoms with Crippen LogP contribution in [-0.4, -0.2) is 90.7 Å². The van der Waals surface area contributed by atoms with E-state index in [1.165, 1.54) is 10.9 Å². The Balaban J connectivity index is 1.17. The fourth-order valence-electron chi connectivity index (χ4n) is 5.32. The van der Waals surface area contributed by atoms with Gasteiger partial charge in [-0.25, -0.2) is 19.7 Å². The number of nitrogens with zero attached hydrogens (tertiary/aromatic N) is 5. The molecule has 2 aromatic heterocycles. The molecule has 4 heterocycles. The number of rotatable bonds is 8. The molecule has 2 saturated heterocycles. The number of hydrogen-bond acceptors (Lipinski definition) is 10. The minimum absolute atomic E-state index is 0.108. The van der Waals surface area contributed by atoms with Gasteiger partial charge in [-0.3, -0.25) is 9.36 Å². The summed E-state index contributed by atoms with van der Waals surface area (Å²) >= 11 is 0. The van der Waals surface area contributed by atoms with E-state index in [0.29, 0.717) is 35.9 Å². The van der Waals surface area contributed by atoms with Crippen LogP contribution in [0.2, 0.25) is 0 Å². The van der Waals surface area contributed by atoms with Crippen LogP contribution in [-0.2, 0) is 20.7 Å². The number of imidazole rings is 1. The van der Waals surface area contributed by atoms with E-state index in [9.17, 15) is 19.8 Å². The van der Waals surface area contributed by atoms with Gasteiger partial charge >= 0.3 is 6.09 Å². The molecule has 1 aliphatic carbocycles. The van der Waals surface area contributed by atoms with Gasteiger partial charge in [-0.2, -0.15) is 0 Å². The molecule has 13 heteroatoms. The molecule has 0 radical (unpaired) electrons. The van der Waals surface area contributed by atoms with Crippen molar-refractivity contribution in [2.24, 2.45) is 5.92 Å². The van der Waals surface area contributed by atoms with E-state index < -0.39 is 30.4 Å². The second-order valence-electron chi connectivity index (χ2n) is 10.4. The number of nitrogens with one attached hydrogen (secondary N) is 1. The maximum atomic E-state index is 12.3. The van der Waals surface area contributed by atoms with Crippen LogP contribution in [0.25, 0.3) is 11.2 Å². The minimum atomic E-state index is -1.39. The monoisotopic (exact) mass is 531 g/mol. The molecule has 1 unspecified atom stereocenters. The van der Waals surface area contributed by atoms with Crippen LogP contribution in [0.1, 0.15) is 63.9 Å². The fraction of sp³-hybridized carbons (Fsp3) is 0.720. The van der Waals surface area contributed by atoms with Crippen LogP contribution in [0.15, 0.2) is 6.33 Å². The van der Waals surface area contributed by atoms with Crippen LogP contribution in [0.4, 0.5) is 10.6 Å². The molecule has 13 nitrogen and oxygen atoms in total. The molecular weight excluding hydrogens is 494 g/mol. The average Bonchev–Trinajstić information content (AvgIpc) is 3.43. The first-order valence-electron chi connectivity index (χ1n) is 13.6. The van der Waals surface area contributed by atoms with Crippen molar-refractivity contribution in [3.8, 4) is 0 Å². The number of amides is 2. The third-order valence-electron chi connectivity index (χ3n) is 7.82. The molecule has 3 fully saturated rings. The number of aryl methyl sites for hydroxylation is 1. The number of nitrogen functional groups attached to an aromatic ring is 1. The molecule has 3 aliphatic rings. The van der Waals surface area contributed by atoms with E-state index in [4.69, 9.17) is 15.2 Å². The highest BCUT2D eigenvalue weighted by Gasteiger charge is 2.47. The Morgan fingerprint density at radius 2 is 1.95 bits per heavy atom. The lowest BCUT2D eigenvalue weighted by Crippen LogP contribution is -2.42. The predicted octanol–water partition coefficient (Wildman–Crippen LogP) is 0.888. The van der Waals surface area contributed by atoms with Gasteiger partial charge in [0.15, 0.2) is 23.8 Å². The zero-order valence-corrected chi connectivity index (χ0v) is 21.7. The quantitative estimate of drug-likeness (QED) is 0.382. The summed E-state index contributed by atoms with van der Waals surface area (Å²) in [6, 6.07) is 0. The van der Waals surface area contributed by atoms with Crippen molar-refractivity contribution in [1.29, 1.82) is 0 Å². The van der Waals surface area contributed by atoms with Gasteiger partial charge in [0.25, 0.3) is 5.91 Å². The smallest absolute Gasteiger partial charge is 0.410 e. The number of nitrogens with two attached hydrogens (primary N) is 1. The van der Waals surface area contributed by atoms with Gasteiger partial charge in [-0.15, -0.1) is 0 Å². The molecule has 2 amide bonds. The second-order valence-corrected chi connectivity index (χ2v) is 10.4. The summed E-state index contributed by atoms with van der Waals surface area (Å²) in [6.07, 6.45) is 3.78. The average molecular weight is 532 g/mol. The molecule has 5 N–H and O–H groups in total. The Labute approximate surface area is 220 Å². The fourth-order valence-corrected chi connectivity index (χ4v) is 5.32. The lowest BCUT2D eigenvalue weighted by atomic mass is 9.91. The van der Waals surface area contributed by atoms with Gasteiger partial charge in [-0.05, 0) is 57.8 Å². The highest BCUT2D eigenvalue weighted by Crippen LogP contribution is 2.32. The van der Waals surface area contributed by atoms with Crippen LogP contribution in [0.3, 0.4) is 0 Å². The first-order valence-corrected chi connectivity index (χ1v) is 13.6. The van der Waals surface area contributed by atoms with Crippen molar-refractivity contribution in [2.45, 2.75) is 88.9 Å². The van der Waals surface area contributed by atoms with E-state index in [2.05, 4.69) is 20.3 Å². The lowest BCUT2D eigenvalue weighted by Gasteiger charge is -2.34. The number of carbonyl (C=O) groups excluding carboxylic acids is 2. The van der Waals surface area contributed by atoms with E-state index in [1.54, 1.807) is 6.92 Å². The van der Waals surface area contributed by atoms with Gasteiger partial charge in [0.2, 0.25) is 0 Å². The maximum absolute atomic E-state index is 12.3. The van der Waals surface area contributed by atoms with Crippen molar-refractivity contribution < 1.29 is 29.3 Å². The summed E-state index contributed by atoms with van der Waals surface area (Å²) in [7, 11) is 0. The Kier molecular flexibility index (Phi) is 7.96. The second kappa shape index (κ2) is 11.4. The van der Waals surface area contributed by atoms with Crippen LogP contribution in [0, 0.1) is 5.92 Å². The molecule has 208 valence electrons. The normalized spacial score (nSPS) is 26.4. The van der Waals surface area contributed by atoms with Crippen LogP contribution in [0.5, 0.6) is 0 Å². The number of fused-ring (bicyclic) bond motifs is 1. The summed E-state index contributed by atoms with van der Waals surface area (Å²) in [4.78, 5) is 39.6. The minimum Gasteiger partial charge on any atom is -0.446 e. The zero-order chi connectivity index (χ0) is 26.8. The molecular formula is C25H37N7O6. The first kappa shape index (κ1) is 26.6. The maximum Gasteiger partial charge on any atom is 0.410 e. The molecule has 38 heavy (non-hydrogen) atoms. The first-order chi connectivity index (χ1) is 18.4. The summed E-state index contributed by atoms with van der Waals surface area (Å²) in [6.45, 7) is 3.57. The number of anilines is 1. The summed E-state index contributed by atoms with van der Waals surface area (Å²) in [5.41, 5.74) is 6.90. The van der Waals surface area contributed by atoms with Gasteiger partial charge in [0.1, 0.15) is 29.7 Å². The number of aliphatic hydroxyl groups is 2. The van der Waals surface area contributed by atoms with Crippen molar-refractivity contribution in [3.63, 3.8) is 0 Å². The zero-order valence-electron chi connectivity index (χ0n) is 21.7. The number of carbonyl (C=O) groups is 2. The number of likely N-dealkylation sites (N-methyl/N-ethyl adjacent to an activating group) is 1. The molecule has 1 saturated carbocycles. The number of aromatic nitrogens is 4. The SMILES string of the molecule is CCNC(=O)[C@H]1O[C@@H](n2cnc3c(N)nc(CCCC4CCN(C(=O)OC5CCC5)CC4)nc32)C(O)[C@H]1O. The van der Waals surface area contributed by atoms with Gasteiger partial charge in [0, 0.05) is 26.1 Å². The van der Waals surface area contributed by atoms with Crippen LogP contribution >= 0.6 is 0 Å². The largest absolute Gasteiger partial charge is 0.446 e. The number of likely N-dealkylation sites (tertiary alicyclic amines) is 1. The number of aliphatic hydroxyl groups excluding tert-OH is 2. The predicted molar refractivity (Wildman–Crippen MR) is 136 cm³/mol. The van der Waals surface area contributed by atoms with Crippen LogP contribution < -0.4 is 11.1 Å². The van der Waals surface area contributed by atoms with Crippen molar-refractivity contribution in [3.05, 3.63) is 12.2 Å². The van der Waals surface area contributed by atoms with Gasteiger partial charge < -0.3 is 35.6 Å². The van der Waals surface area contributed by atoms with E-state index in [1.807, 2.05) is 4.90 Å². The highest BCUT2D eigenvalue weighted by molar-refractivity contribution is 5.83.